The number of aromatic nitrogens is 2. The lowest BCUT2D eigenvalue weighted by Crippen LogP contribution is -2.51. The fraction of sp³-hybridized carbons (Fsp3) is 0.647. The van der Waals surface area contributed by atoms with E-state index in [0.717, 1.165) is 19.3 Å². The minimum absolute atomic E-state index is 0.000752. The Morgan fingerprint density at radius 2 is 1.86 bits per heavy atom. The molecule has 1 heterocycles. The minimum Gasteiger partial charge on any atom is -0.297 e. The molecular formula is C17H19N3O2. The number of hydrogen-bond acceptors (Lipinski definition) is 4. The van der Waals surface area contributed by atoms with Gasteiger partial charge in [-0.2, -0.15) is 5.26 Å². The van der Waals surface area contributed by atoms with Crippen LogP contribution in [0.3, 0.4) is 0 Å². The van der Waals surface area contributed by atoms with Gasteiger partial charge < -0.3 is 0 Å². The molecule has 0 N–H and O–H groups in total. The standard InChI is InChI=1S/C17H19N3O2/c18-7-14-8-19-10-20(16(14)22)9-15(21)17-4-11-1-12(5-17)3-13(2-11)6-17/h8,10-13H,1-6,9H2. The van der Waals surface area contributed by atoms with E-state index in [1.807, 2.05) is 6.07 Å². The van der Waals surface area contributed by atoms with Crippen molar-refractivity contribution >= 4 is 5.78 Å². The molecule has 0 unspecified atom stereocenters. The SMILES string of the molecule is N#Cc1cncn(CC(=O)C23CC4CC(CC(C4)C2)C3)c1=O. The van der Waals surface area contributed by atoms with Crippen molar-refractivity contribution in [1.82, 2.24) is 9.55 Å². The van der Waals surface area contributed by atoms with Gasteiger partial charge in [0.05, 0.1) is 19.1 Å². The molecule has 4 fully saturated rings. The van der Waals surface area contributed by atoms with Gasteiger partial charge in [0.15, 0.2) is 5.78 Å². The fourth-order valence-electron chi connectivity index (χ4n) is 5.41. The molecule has 22 heavy (non-hydrogen) atoms. The van der Waals surface area contributed by atoms with Crippen LogP contribution in [0.1, 0.15) is 44.1 Å². The number of nitrogens with zero attached hydrogens (tertiary/aromatic N) is 3. The monoisotopic (exact) mass is 297 g/mol. The van der Waals surface area contributed by atoms with Gasteiger partial charge in [-0.3, -0.25) is 14.2 Å². The van der Waals surface area contributed by atoms with Crippen molar-refractivity contribution in [2.24, 2.45) is 23.2 Å². The van der Waals surface area contributed by atoms with Crippen LogP contribution in [0, 0.1) is 34.5 Å². The number of Topliss-reactive ketones (excluding diaryl/α,β-unsaturated/α-hetero) is 1. The highest BCUT2D eigenvalue weighted by molar-refractivity contribution is 5.85. The first-order chi connectivity index (χ1) is 10.6. The van der Waals surface area contributed by atoms with Gasteiger partial charge in [0.2, 0.25) is 0 Å². The second kappa shape index (κ2) is 4.77. The van der Waals surface area contributed by atoms with Crippen LogP contribution in [0.2, 0.25) is 0 Å². The van der Waals surface area contributed by atoms with Crippen molar-refractivity contribution in [2.75, 3.05) is 0 Å². The lowest BCUT2D eigenvalue weighted by molar-refractivity contribution is -0.144. The van der Waals surface area contributed by atoms with Crippen LogP contribution >= 0.6 is 0 Å². The molecule has 0 amide bonds. The second-order valence-corrected chi connectivity index (χ2v) is 7.47. The summed E-state index contributed by atoms with van der Waals surface area (Å²) in [6.45, 7) is 0.0630. The Morgan fingerprint density at radius 1 is 1.27 bits per heavy atom. The maximum Gasteiger partial charge on any atom is 0.271 e. The molecule has 5 heteroatoms. The first-order valence-electron chi connectivity index (χ1n) is 8.07. The van der Waals surface area contributed by atoms with E-state index in [-0.39, 0.29) is 23.3 Å². The molecular weight excluding hydrogens is 278 g/mol. The zero-order valence-corrected chi connectivity index (χ0v) is 12.5. The Balaban J connectivity index is 1.61. The third-order valence-corrected chi connectivity index (χ3v) is 5.97. The van der Waals surface area contributed by atoms with E-state index in [1.165, 1.54) is 36.4 Å². The van der Waals surface area contributed by atoms with Crippen molar-refractivity contribution < 1.29 is 4.79 Å². The molecule has 5 rings (SSSR count). The smallest absolute Gasteiger partial charge is 0.271 e. The Kier molecular flexibility index (Phi) is 2.97. The molecule has 1 aromatic heterocycles. The predicted molar refractivity (Wildman–Crippen MR) is 78.8 cm³/mol. The van der Waals surface area contributed by atoms with Crippen molar-refractivity contribution in [3.8, 4) is 6.07 Å². The Morgan fingerprint density at radius 3 is 2.41 bits per heavy atom. The van der Waals surface area contributed by atoms with Gasteiger partial charge in [-0.05, 0) is 56.3 Å². The van der Waals surface area contributed by atoms with E-state index < -0.39 is 5.56 Å². The first-order valence-corrected chi connectivity index (χ1v) is 8.07. The summed E-state index contributed by atoms with van der Waals surface area (Å²) in [6, 6.07) is 1.84. The van der Waals surface area contributed by atoms with Crippen LogP contribution in [-0.2, 0) is 11.3 Å². The molecule has 4 aliphatic carbocycles. The van der Waals surface area contributed by atoms with Crippen LogP contribution in [0.25, 0.3) is 0 Å². The summed E-state index contributed by atoms with van der Waals surface area (Å²) in [5.41, 5.74) is -0.618. The van der Waals surface area contributed by atoms with E-state index >= 15 is 0 Å². The highest BCUT2D eigenvalue weighted by Crippen LogP contribution is 2.60. The third kappa shape index (κ3) is 2.01. The summed E-state index contributed by atoms with van der Waals surface area (Å²) >= 11 is 0. The van der Waals surface area contributed by atoms with E-state index in [2.05, 4.69) is 4.98 Å². The van der Waals surface area contributed by atoms with Gasteiger partial charge in [-0.1, -0.05) is 0 Å². The van der Waals surface area contributed by atoms with E-state index in [9.17, 15) is 9.59 Å². The van der Waals surface area contributed by atoms with Crippen molar-refractivity contribution in [3.63, 3.8) is 0 Å². The molecule has 5 nitrogen and oxygen atoms in total. The normalized spacial score (nSPS) is 35.3. The molecule has 0 spiro atoms. The zero-order valence-electron chi connectivity index (χ0n) is 12.5. The number of carbonyl (C=O) groups is 1. The van der Waals surface area contributed by atoms with Gasteiger partial charge in [-0.25, -0.2) is 4.98 Å². The third-order valence-electron chi connectivity index (χ3n) is 5.97. The van der Waals surface area contributed by atoms with Gasteiger partial charge in [0.25, 0.3) is 5.56 Å². The molecule has 1 aromatic rings. The Hall–Kier alpha value is -1.96. The summed E-state index contributed by atoms with van der Waals surface area (Å²) in [6.07, 6.45) is 9.50. The fourth-order valence-corrected chi connectivity index (χ4v) is 5.41. The van der Waals surface area contributed by atoms with Crippen LogP contribution in [0.15, 0.2) is 17.3 Å². The average molecular weight is 297 g/mol. The van der Waals surface area contributed by atoms with E-state index in [4.69, 9.17) is 5.26 Å². The summed E-state index contributed by atoms with van der Waals surface area (Å²) in [5.74, 6) is 2.28. The molecule has 4 aliphatic rings. The molecule has 0 radical (unpaired) electrons. The van der Waals surface area contributed by atoms with Crippen molar-refractivity contribution in [3.05, 3.63) is 28.4 Å². The van der Waals surface area contributed by atoms with Crippen LogP contribution < -0.4 is 5.56 Å². The highest BCUT2D eigenvalue weighted by atomic mass is 16.1. The number of carbonyl (C=O) groups excluding carboxylic acids is 1. The van der Waals surface area contributed by atoms with E-state index in [1.54, 1.807) is 0 Å². The minimum atomic E-state index is -0.407. The molecule has 0 saturated heterocycles. The highest BCUT2D eigenvalue weighted by Gasteiger charge is 2.54. The number of rotatable bonds is 3. The maximum atomic E-state index is 12.9. The Labute approximate surface area is 129 Å². The van der Waals surface area contributed by atoms with Crippen LogP contribution in [0.5, 0.6) is 0 Å². The van der Waals surface area contributed by atoms with Crippen molar-refractivity contribution in [1.29, 1.82) is 5.26 Å². The van der Waals surface area contributed by atoms with Crippen LogP contribution in [-0.4, -0.2) is 15.3 Å². The van der Waals surface area contributed by atoms with Gasteiger partial charge in [-0.15, -0.1) is 0 Å². The van der Waals surface area contributed by atoms with Gasteiger partial charge >= 0.3 is 0 Å². The lowest BCUT2D eigenvalue weighted by Gasteiger charge is -2.56. The summed E-state index contributed by atoms with van der Waals surface area (Å²) in [4.78, 5) is 29.0. The number of ketones is 1. The molecule has 0 atom stereocenters. The lowest BCUT2D eigenvalue weighted by atomic mass is 9.48. The quantitative estimate of drug-likeness (QED) is 0.854. The first kappa shape index (κ1) is 13.7. The van der Waals surface area contributed by atoms with Crippen molar-refractivity contribution in [2.45, 2.75) is 45.1 Å². The number of hydrogen-bond donors (Lipinski definition) is 0. The zero-order chi connectivity index (χ0) is 15.3. The number of nitriles is 1. The topological polar surface area (TPSA) is 75.8 Å². The largest absolute Gasteiger partial charge is 0.297 e. The molecule has 0 aliphatic heterocycles. The van der Waals surface area contributed by atoms with E-state index in [0.29, 0.717) is 17.8 Å². The molecule has 4 saturated carbocycles. The van der Waals surface area contributed by atoms with Crippen LogP contribution in [0.4, 0.5) is 0 Å². The summed E-state index contributed by atoms with van der Waals surface area (Å²) < 4.78 is 1.31. The molecule has 114 valence electrons. The average Bonchev–Trinajstić information content (AvgIpc) is 2.48. The molecule has 0 aromatic carbocycles. The summed E-state index contributed by atoms with van der Waals surface area (Å²) in [5, 5.41) is 8.92. The second-order valence-electron chi connectivity index (χ2n) is 7.47. The predicted octanol–water partition coefficient (Wildman–Crippen LogP) is 1.90. The molecule has 4 bridgehead atoms. The van der Waals surface area contributed by atoms with Gasteiger partial charge in [0.1, 0.15) is 11.6 Å². The Bertz CT molecular complexity index is 693. The summed E-state index contributed by atoms with van der Waals surface area (Å²) in [7, 11) is 0. The maximum absolute atomic E-state index is 12.9. The van der Waals surface area contributed by atoms with Gasteiger partial charge in [0, 0.05) is 5.41 Å².